The molecule has 110 valence electrons. The Morgan fingerprint density at radius 1 is 1.40 bits per heavy atom. The molecule has 2 unspecified atom stereocenters. The fourth-order valence-corrected chi connectivity index (χ4v) is 3.17. The minimum Gasteiger partial charge on any atom is -0.380 e. The standard InChI is InChI=1S/C15H23N3O2/c1-4-12-10-9-11(3)17(12)14-8-6-7-13(16-5-2)15(14)18(19)20/h6-8,11-12,16H,4-5,9-10H2,1-3H3. The molecule has 1 aromatic rings. The molecule has 1 fully saturated rings. The van der Waals surface area contributed by atoms with Crippen molar-refractivity contribution in [2.75, 3.05) is 16.8 Å². The third-order valence-electron chi connectivity index (χ3n) is 4.10. The molecule has 2 atom stereocenters. The van der Waals surface area contributed by atoms with Gasteiger partial charge in [0.15, 0.2) is 0 Å². The number of hydrogen-bond acceptors (Lipinski definition) is 4. The van der Waals surface area contributed by atoms with Crippen LogP contribution >= 0.6 is 0 Å². The van der Waals surface area contributed by atoms with Gasteiger partial charge in [-0.2, -0.15) is 0 Å². The van der Waals surface area contributed by atoms with Crippen LogP contribution in [0.5, 0.6) is 0 Å². The molecule has 0 spiro atoms. The number of hydrogen-bond donors (Lipinski definition) is 1. The first kappa shape index (κ1) is 14.6. The summed E-state index contributed by atoms with van der Waals surface area (Å²) in [5.41, 5.74) is 1.58. The smallest absolute Gasteiger partial charge is 0.315 e. The molecule has 1 heterocycles. The van der Waals surface area contributed by atoms with Crippen LogP contribution in [0.3, 0.4) is 0 Å². The molecule has 0 aromatic heterocycles. The number of benzene rings is 1. The molecule has 1 N–H and O–H groups in total. The molecule has 0 saturated carbocycles. The van der Waals surface area contributed by atoms with Gasteiger partial charge in [-0.3, -0.25) is 10.1 Å². The van der Waals surface area contributed by atoms with E-state index in [0.717, 1.165) is 24.9 Å². The SMILES string of the molecule is CCNc1cccc(N2C(C)CCC2CC)c1[N+](=O)[O-]. The summed E-state index contributed by atoms with van der Waals surface area (Å²) in [6.45, 7) is 6.93. The number of nitrogens with one attached hydrogen (secondary N) is 1. The van der Waals surface area contributed by atoms with Crippen LogP contribution in [-0.2, 0) is 0 Å². The summed E-state index contributed by atoms with van der Waals surface area (Å²) in [6, 6.07) is 6.32. The summed E-state index contributed by atoms with van der Waals surface area (Å²) in [4.78, 5) is 13.5. The summed E-state index contributed by atoms with van der Waals surface area (Å²) in [5.74, 6) is 0. The molecule has 1 aromatic carbocycles. The van der Waals surface area contributed by atoms with Gasteiger partial charge in [-0.1, -0.05) is 13.0 Å². The van der Waals surface area contributed by atoms with Crippen molar-refractivity contribution >= 4 is 17.1 Å². The van der Waals surface area contributed by atoms with Gasteiger partial charge in [-0.15, -0.1) is 0 Å². The van der Waals surface area contributed by atoms with E-state index in [1.807, 2.05) is 19.1 Å². The van der Waals surface area contributed by atoms with Gasteiger partial charge < -0.3 is 10.2 Å². The number of nitro benzene ring substituents is 1. The highest BCUT2D eigenvalue weighted by Crippen LogP contribution is 2.41. The molecule has 1 aliphatic heterocycles. The average molecular weight is 277 g/mol. The molecule has 1 saturated heterocycles. The summed E-state index contributed by atoms with van der Waals surface area (Å²) >= 11 is 0. The predicted octanol–water partition coefficient (Wildman–Crippen LogP) is 3.79. The van der Waals surface area contributed by atoms with Gasteiger partial charge in [0, 0.05) is 18.6 Å². The monoisotopic (exact) mass is 277 g/mol. The number of nitro groups is 1. The van der Waals surface area contributed by atoms with Crippen LogP contribution in [0.4, 0.5) is 17.1 Å². The Kier molecular flexibility index (Phi) is 4.47. The van der Waals surface area contributed by atoms with E-state index in [1.54, 1.807) is 6.07 Å². The van der Waals surface area contributed by atoms with E-state index in [9.17, 15) is 10.1 Å². The quantitative estimate of drug-likeness (QED) is 0.657. The predicted molar refractivity (Wildman–Crippen MR) is 82.5 cm³/mol. The van der Waals surface area contributed by atoms with Crippen LogP contribution in [0.25, 0.3) is 0 Å². The first-order chi connectivity index (χ1) is 9.60. The minimum atomic E-state index is -0.259. The fourth-order valence-electron chi connectivity index (χ4n) is 3.17. The molecule has 0 amide bonds. The lowest BCUT2D eigenvalue weighted by Crippen LogP contribution is -2.34. The summed E-state index contributed by atoms with van der Waals surface area (Å²) < 4.78 is 0. The van der Waals surface area contributed by atoms with E-state index >= 15 is 0 Å². The lowest BCUT2D eigenvalue weighted by Gasteiger charge is -2.30. The number of rotatable bonds is 5. The maximum absolute atomic E-state index is 11.5. The summed E-state index contributed by atoms with van der Waals surface area (Å²) in [5, 5.41) is 14.6. The molecule has 0 aliphatic carbocycles. The van der Waals surface area contributed by atoms with Gasteiger partial charge in [0.2, 0.25) is 0 Å². The van der Waals surface area contributed by atoms with Crippen molar-refractivity contribution in [2.24, 2.45) is 0 Å². The molecule has 0 bridgehead atoms. The highest BCUT2D eigenvalue weighted by Gasteiger charge is 2.34. The molecular weight excluding hydrogens is 254 g/mol. The maximum Gasteiger partial charge on any atom is 0.315 e. The van der Waals surface area contributed by atoms with Crippen LogP contribution in [0.1, 0.15) is 40.0 Å². The van der Waals surface area contributed by atoms with Crippen LogP contribution in [0.2, 0.25) is 0 Å². The summed E-state index contributed by atoms with van der Waals surface area (Å²) in [6.07, 6.45) is 3.23. The van der Waals surface area contributed by atoms with Crippen LogP contribution in [0, 0.1) is 10.1 Å². The Balaban J connectivity index is 2.49. The Hall–Kier alpha value is -1.78. The first-order valence-electron chi connectivity index (χ1n) is 7.39. The van der Waals surface area contributed by atoms with Gasteiger partial charge in [-0.05, 0) is 45.2 Å². The van der Waals surface area contributed by atoms with Crippen molar-refractivity contribution < 1.29 is 4.92 Å². The van der Waals surface area contributed by atoms with Crippen molar-refractivity contribution in [3.8, 4) is 0 Å². The van der Waals surface area contributed by atoms with Crippen LogP contribution in [-0.4, -0.2) is 23.6 Å². The number of para-hydroxylation sites is 1. The molecule has 2 rings (SSSR count). The number of nitrogens with zero attached hydrogens (tertiary/aromatic N) is 2. The normalized spacial score (nSPS) is 22.1. The van der Waals surface area contributed by atoms with E-state index in [-0.39, 0.29) is 10.6 Å². The second-order valence-electron chi connectivity index (χ2n) is 5.36. The largest absolute Gasteiger partial charge is 0.380 e. The van der Waals surface area contributed by atoms with Crippen molar-refractivity contribution in [1.29, 1.82) is 0 Å². The van der Waals surface area contributed by atoms with Gasteiger partial charge in [-0.25, -0.2) is 0 Å². The summed E-state index contributed by atoms with van der Waals surface area (Å²) in [7, 11) is 0. The highest BCUT2D eigenvalue weighted by molar-refractivity contribution is 5.77. The lowest BCUT2D eigenvalue weighted by molar-refractivity contribution is -0.383. The molecule has 0 radical (unpaired) electrons. The Labute approximate surface area is 120 Å². The zero-order valence-electron chi connectivity index (χ0n) is 12.4. The van der Waals surface area contributed by atoms with E-state index in [0.29, 0.717) is 24.3 Å². The third-order valence-corrected chi connectivity index (χ3v) is 4.10. The van der Waals surface area contributed by atoms with Gasteiger partial charge in [0.25, 0.3) is 0 Å². The van der Waals surface area contributed by atoms with Crippen molar-refractivity contribution in [1.82, 2.24) is 0 Å². The first-order valence-corrected chi connectivity index (χ1v) is 7.39. The van der Waals surface area contributed by atoms with E-state index in [2.05, 4.69) is 24.1 Å². The highest BCUT2D eigenvalue weighted by atomic mass is 16.6. The Morgan fingerprint density at radius 2 is 2.15 bits per heavy atom. The van der Waals surface area contributed by atoms with Crippen molar-refractivity contribution in [2.45, 2.75) is 52.1 Å². The Bertz CT molecular complexity index is 490. The maximum atomic E-state index is 11.5. The van der Waals surface area contributed by atoms with Crippen molar-refractivity contribution in [3.05, 3.63) is 28.3 Å². The van der Waals surface area contributed by atoms with Gasteiger partial charge >= 0.3 is 5.69 Å². The van der Waals surface area contributed by atoms with E-state index in [1.165, 1.54) is 0 Å². The molecular formula is C15H23N3O2. The lowest BCUT2D eigenvalue weighted by atomic mass is 10.1. The van der Waals surface area contributed by atoms with E-state index < -0.39 is 0 Å². The Morgan fingerprint density at radius 3 is 2.75 bits per heavy atom. The molecule has 20 heavy (non-hydrogen) atoms. The topological polar surface area (TPSA) is 58.4 Å². The van der Waals surface area contributed by atoms with Gasteiger partial charge in [0.05, 0.1) is 4.92 Å². The average Bonchev–Trinajstić information content (AvgIpc) is 2.79. The molecule has 5 heteroatoms. The van der Waals surface area contributed by atoms with E-state index in [4.69, 9.17) is 0 Å². The van der Waals surface area contributed by atoms with Crippen molar-refractivity contribution in [3.63, 3.8) is 0 Å². The minimum absolute atomic E-state index is 0.210. The molecule has 5 nitrogen and oxygen atoms in total. The van der Waals surface area contributed by atoms with Crippen LogP contribution < -0.4 is 10.2 Å². The van der Waals surface area contributed by atoms with Gasteiger partial charge in [0.1, 0.15) is 11.4 Å². The zero-order chi connectivity index (χ0) is 14.7. The zero-order valence-corrected chi connectivity index (χ0v) is 12.4. The fraction of sp³-hybridized carbons (Fsp3) is 0.600. The second kappa shape index (κ2) is 6.11. The third kappa shape index (κ3) is 2.57. The molecule has 1 aliphatic rings. The number of anilines is 2. The van der Waals surface area contributed by atoms with Crippen LogP contribution in [0.15, 0.2) is 18.2 Å². The second-order valence-corrected chi connectivity index (χ2v) is 5.36.